The van der Waals surface area contributed by atoms with Gasteiger partial charge in [-0.3, -0.25) is 4.79 Å². The smallest absolute Gasteiger partial charge is 0.305 e. The maximum Gasteiger partial charge on any atom is 0.305 e. The summed E-state index contributed by atoms with van der Waals surface area (Å²) in [6, 6.07) is 0. The van der Waals surface area contributed by atoms with E-state index in [1.807, 2.05) is 6.92 Å². The molecule has 0 saturated carbocycles. The van der Waals surface area contributed by atoms with E-state index in [4.69, 9.17) is 9.84 Å². The first kappa shape index (κ1) is 12.4. The van der Waals surface area contributed by atoms with Crippen molar-refractivity contribution in [3.05, 3.63) is 0 Å². The molecule has 1 atom stereocenters. The highest BCUT2D eigenvalue weighted by Gasteiger charge is 2.24. The zero-order valence-corrected chi connectivity index (χ0v) is 8.59. The van der Waals surface area contributed by atoms with Crippen LogP contribution in [0, 0.1) is 5.41 Å². The highest BCUT2D eigenvalue weighted by molar-refractivity contribution is 5.68. The number of esters is 1. The van der Waals surface area contributed by atoms with Gasteiger partial charge in [0.15, 0.2) is 0 Å². The Labute approximate surface area is 79.3 Å². The zero-order valence-electron chi connectivity index (χ0n) is 8.59. The number of nitrogens with one attached hydrogen (secondary N) is 1. The van der Waals surface area contributed by atoms with E-state index in [0.29, 0.717) is 13.0 Å². The van der Waals surface area contributed by atoms with Crippen LogP contribution >= 0.6 is 0 Å². The van der Waals surface area contributed by atoms with Crippen LogP contribution in [0.15, 0.2) is 0 Å². The highest BCUT2D eigenvalue weighted by atomic mass is 16.5. The number of rotatable bonds is 6. The van der Waals surface area contributed by atoms with Crippen molar-refractivity contribution in [2.75, 3.05) is 26.8 Å². The second kappa shape index (κ2) is 5.94. The summed E-state index contributed by atoms with van der Waals surface area (Å²) in [6.07, 6.45) is 0.376. The fraction of sp³-hybridized carbons (Fsp3) is 0.889. The van der Waals surface area contributed by atoms with Gasteiger partial charge < -0.3 is 15.2 Å². The predicted molar refractivity (Wildman–Crippen MR) is 50.4 cm³/mol. The second-order valence-corrected chi connectivity index (χ2v) is 3.51. The Morgan fingerprint density at radius 1 is 1.62 bits per heavy atom. The number of hydrogen-bond acceptors (Lipinski definition) is 4. The van der Waals surface area contributed by atoms with Gasteiger partial charge in [0.1, 0.15) is 6.61 Å². The molecule has 0 aromatic rings. The number of hydrogen-bond donors (Lipinski definition) is 2. The fourth-order valence-corrected chi connectivity index (χ4v) is 0.936. The quantitative estimate of drug-likeness (QED) is 0.584. The number of aliphatic hydroxyl groups is 1. The number of carbonyl (C=O) groups is 1. The highest BCUT2D eigenvalue weighted by Crippen LogP contribution is 2.14. The van der Waals surface area contributed by atoms with E-state index in [-0.39, 0.29) is 24.6 Å². The first-order valence-corrected chi connectivity index (χ1v) is 4.49. The molecular formula is C9H19NO3. The van der Waals surface area contributed by atoms with Gasteiger partial charge >= 0.3 is 5.97 Å². The molecule has 0 aliphatic rings. The number of aliphatic hydroxyl groups excluding tert-OH is 1. The average molecular weight is 189 g/mol. The van der Waals surface area contributed by atoms with Crippen molar-refractivity contribution in [2.24, 2.45) is 5.41 Å². The summed E-state index contributed by atoms with van der Waals surface area (Å²) in [6.45, 7) is 4.51. The van der Waals surface area contributed by atoms with Crippen molar-refractivity contribution in [1.82, 2.24) is 5.32 Å². The molecule has 0 aliphatic heterocycles. The molecule has 78 valence electrons. The Kier molecular flexibility index (Phi) is 5.66. The van der Waals surface area contributed by atoms with Gasteiger partial charge in [0.25, 0.3) is 0 Å². The lowest BCUT2D eigenvalue weighted by molar-refractivity contribution is -0.147. The monoisotopic (exact) mass is 189 g/mol. The van der Waals surface area contributed by atoms with Gasteiger partial charge in [-0.2, -0.15) is 0 Å². The van der Waals surface area contributed by atoms with Gasteiger partial charge in [-0.15, -0.1) is 0 Å². The molecule has 0 heterocycles. The molecule has 1 unspecified atom stereocenters. The van der Waals surface area contributed by atoms with E-state index in [9.17, 15) is 4.79 Å². The van der Waals surface area contributed by atoms with E-state index in [2.05, 4.69) is 5.32 Å². The summed E-state index contributed by atoms with van der Waals surface area (Å²) in [5.74, 6) is -0.226. The van der Waals surface area contributed by atoms with Crippen molar-refractivity contribution >= 4 is 5.97 Å². The minimum atomic E-state index is -0.375. The Bertz CT molecular complexity index is 161. The van der Waals surface area contributed by atoms with Crippen molar-refractivity contribution < 1.29 is 14.6 Å². The van der Waals surface area contributed by atoms with Crippen LogP contribution in [0.1, 0.15) is 20.3 Å². The van der Waals surface area contributed by atoms with E-state index < -0.39 is 0 Å². The maximum atomic E-state index is 10.9. The van der Waals surface area contributed by atoms with Crippen LogP contribution in [0.5, 0.6) is 0 Å². The Hall–Kier alpha value is -0.610. The normalized spacial score (nSPS) is 15.1. The van der Waals surface area contributed by atoms with Crippen LogP contribution in [0.2, 0.25) is 0 Å². The molecule has 0 aromatic carbocycles. The molecule has 0 aromatic heterocycles. The van der Waals surface area contributed by atoms with Gasteiger partial charge in [-0.1, -0.05) is 13.8 Å². The van der Waals surface area contributed by atoms with Crippen LogP contribution < -0.4 is 5.32 Å². The van der Waals surface area contributed by atoms with Gasteiger partial charge in [0, 0.05) is 18.4 Å². The molecule has 0 bridgehead atoms. The lowest BCUT2D eigenvalue weighted by atomic mass is 9.93. The minimum absolute atomic E-state index is 0.00480. The van der Waals surface area contributed by atoms with Crippen LogP contribution in [0.25, 0.3) is 0 Å². The molecule has 4 nitrogen and oxygen atoms in total. The molecule has 0 amide bonds. The molecule has 0 radical (unpaired) electrons. The summed E-state index contributed by atoms with van der Waals surface area (Å²) in [5.41, 5.74) is -0.375. The minimum Gasteiger partial charge on any atom is -0.465 e. The Morgan fingerprint density at radius 3 is 2.62 bits per heavy atom. The fourth-order valence-electron chi connectivity index (χ4n) is 0.936. The van der Waals surface area contributed by atoms with Gasteiger partial charge in [0.2, 0.25) is 0 Å². The Balaban J connectivity index is 3.89. The molecule has 0 aliphatic carbocycles. The third-order valence-electron chi connectivity index (χ3n) is 1.86. The topological polar surface area (TPSA) is 58.6 Å². The second-order valence-electron chi connectivity index (χ2n) is 3.51. The molecule has 13 heavy (non-hydrogen) atoms. The molecular weight excluding hydrogens is 170 g/mol. The van der Waals surface area contributed by atoms with Crippen LogP contribution in [-0.2, 0) is 9.53 Å². The molecule has 0 saturated heterocycles. The largest absolute Gasteiger partial charge is 0.465 e. The van der Waals surface area contributed by atoms with Crippen molar-refractivity contribution in [3.8, 4) is 0 Å². The number of ether oxygens (including phenoxy) is 1. The van der Waals surface area contributed by atoms with E-state index in [1.54, 1.807) is 14.0 Å². The third kappa shape index (κ3) is 4.85. The van der Waals surface area contributed by atoms with Crippen LogP contribution in [0.4, 0.5) is 0 Å². The lowest BCUT2D eigenvalue weighted by Crippen LogP contribution is -2.38. The lowest BCUT2D eigenvalue weighted by Gasteiger charge is -2.26. The average Bonchev–Trinajstić information content (AvgIpc) is 2.15. The molecule has 0 rings (SSSR count). The van der Waals surface area contributed by atoms with E-state index in [0.717, 1.165) is 0 Å². The van der Waals surface area contributed by atoms with Gasteiger partial charge in [0.05, 0.1) is 6.61 Å². The van der Waals surface area contributed by atoms with Crippen molar-refractivity contribution in [1.29, 1.82) is 0 Å². The first-order chi connectivity index (χ1) is 6.08. The predicted octanol–water partition coefficient (Wildman–Crippen LogP) is 0.158. The number of carbonyl (C=O) groups excluding carboxylic acids is 1. The Morgan fingerprint density at radius 2 is 2.23 bits per heavy atom. The molecule has 0 spiro atoms. The van der Waals surface area contributed by atoms with Gasteiger partial charge in [-0.05, 0) is 7.05 Å². The summed E-state index contributed by atoms with van der Waals surface area (Å²) in [7, 11) is 1.80. The molecule has 2 N–H and O–H groups in total. The van der Waals surface area contributed by atoms with Gasteiger partial charge in [-0.25, -0.2) is 0 Å². The SMILES string of the molecule is CCC(=O)OCC(C)(CO)CNC. The summed E-state index contributed by atoms with van der Waals surface area (Å²) in [4.78, 5) is 10.9. The van der Waals surface area contributed by atoms with Crippen molar-refractivity contribution in [2.45, 2.75) is 20.3 Å². The van der Waals surface area contributed by atoms with E-state index >= 15 is 0 Å². The summed E-state index contributed by atoms with van der Waals surface area (Å²) in [5, 5.41) is 12.0. The van der Waals surface area contributed by atoms with Crippen molar-refractivity contribution in [3.63, 3.8) is 0 Å². The summed E-state index contributed by atoms with van der Waals surface area (Å²) >= 11 is 0. The standard InChI is InChI=1S/C9H19NO3/c1-4-8(12)13-7-9(2,6-11)5-10-3/h10-11H,4-7H2,1-3H3. The maximum absolute atomic E-state index is 10.9. The third-order valence-corrected chi connectivity index (χ3v) is 1.86. The van der Waals surface area contributed by atoms with Crippen LogP contribution in [0.3, 0.4) is 0 Å². The zero-order chi connectivity index (χ0) is 10.3. The molecule has 4 heteroatoms. The molecule has 0 fully saturated rings. The first-order valence-electron chi connectivity index (χ1n) is 4.49. The summed E-state index contributed by atoms with van der Waals surface area (Å²) < 4.78 is 4.96. The van der Waals surface area contributed by atoms with E-state index in [1.165, 1.54) is 0 Å². The van der Waals surface area contributed by atoms with Crippen LogP contribution in [-0.4, -0.2) is 37.9 Å².